The minimum absolute atomic E-state index is 0.0757. The molecule has 0 saturated carbocycles. The number of benzene rings is 1. The van der Waals surface area contributed by atoms with Crippen molar-refractivity contribution in [3.63, 3.8) is 0 Å². The Morgan fingerprint density at radius 3 is 2.76 bits per heavy atom. The second-order valence-corrected chi connectivity index (χ2v) is 7.99. The fourth-order valence-electron chi connectivity index (χ4n) is 4.40. The average Bonchev–Trinajstić information content (AvgIpc) is 3.48. The molecule has 8 nitrogen and oxygen atoms in total. The number of rotatable bonds is 8. The molecule has 1 aromatic carbocycles. The third kappa shape index (κ3) is 4.65. The molecule has 1 aliphatic heterocycles. The molecule has 3 aromatic rings. The van der Waals surface area contributed by atoms with E-state index in [0.29, 0.717) is 41.6 Å². The van der Waals surface area contributed by atoms with Crippen molar-refractivity contribution < 1.29 is 13.9 Å². The Bertz CT molecular complexity index is 1110. The molecule has 0 unspecified atom stereocenters. The molecule has 9 heteroatoms. The van der Waals surface area contributed by atoms with E-state index in [9.17, 15) is 9.18 Å². The van der Waals surface area contributed by atoms with Crippen LogP contribution in [-0.4, -0.2) is 74.8 Å². The van der Waals surface area contributed by atoms with Gasteiger partial charge in [0.15, 0.2) is 0 Å². The van der Waals surface area contributed by atoms with Gasteiger partial charge in [-0.2, -0.15) is 9.78 Å². The van der Waals surface area contributed by atoms with Gasteiger partial charge in [0.05, 0.1) is 29.8 Å². The monoisotopic (exact) mass is 452 g/mol. The first kappa shape index (κ1) is 23.0. The smallest absolute Gasteiger partial charge is 0.257 e. The Morgan fingerprint density at radius 2 is 2.03 bits per heavy atom. The fraction of sp³-hybridized carbons (Fsp3) is 0.417. The highest BCUT2D eigenvalue weighted by atomic mass is 19.1. The van der Waals surface area contributed by atoms with Crippen LogP contribution >= 0.6 is 0 Å². The zero-order chi connectivity index (χ0) is 23.4. The van der Waals surface area contributed by atoms with E-state index < -0.39 is 0 Å². The molecule has 174 valence electrons. The lowest BCUT2D eigenvalue weighted by molar-refractivity contribution is 0.0772. The summed E-state index contributed by atoms with van der Waals surface area (Å²) in [5.41, 5.74) is 1.85. The SMILES string of the molecule is CCN(CC)[C@@H]1CCN(C(=O)c2cnn(-c3nccc(-c4ccccc4F)n3)c2COC)C1. The largest absolute Gasteiger partial charge is 0.378 e. The number of likely N-dealkylation sites (tertiary alicyclic amines) is 1. The zero-order valence-corrected chi connectivity index (χ0v) is 19.2. The standard InChI is InChI=1S/C24H29FN6O2/c1-4-29(5-2)17-11-13-30(15-17)23(32)19-14-27-31(22(19)16-33-3)24-26-12-10-21(28-24)18-8-6-7-9-20(18)25/h6-10,12,14,17H,4-5,11,13,15-16H2,1-3H3/t17-/m1/s1. The predicted octanol–water partition coefficient (Wildman–Crippen LogP) is 3.17. The minimum atomic E-state index is -0.368. The number of hydrogen-bond acceptors (Lipinski definition) is 6. The third-order valence-corrected chi connectivity index (χ3v) is 6.14. The third-order valence-electron chi connectivity index (χ3n) is 6.14. The van der Waals surface area contributed by atoms with Crippen molar-refractivity contribution in [2.45, 2.75) is 32.9 Å². The molecule has 3 heterocycles. The average molecular weight is 453 g/mol. The summed E-state index contributed by atoms with van der Waals surface area (Å²) >= 11 is 0. The van der Waals surface area contributed by atoms with Crippen LogP contribution in [0.4, 0.5) is 4.39 Å². The zero-order valence-electron chi connectivity index (χ0n) is 19.2. The first-order chi connectivity index (χ1) is 16.1. The van der Waals surface area contributed by atoms with Gasteiger partial charge in [0.1, 0.15) is 5.82 Å². The molecule has 4 rings (SSSR count). The Kier molecular flexibility index (Phi) is 7.10. The maximum Gasteiger partial charge on any atom is 0.257 e. The molecule has 0 bridgehead atoms. The summed E-state index contributed by atoms with van der Waals surface area (Å²) in [7, 11) is 1.56. The van der Waals surface area contributed by atoms with E-state index in [0.717, 1.165) is 19.5 Å². The van der Waals surface area contributed by atoms with E-state index in [4.69, 9.17) is 4.74 Å². The maximum absolute atomic E-state index is 14.3. The molecule has 2 aromatic heterocycles. The van der Waals surface area contributed by atoms with Gasteiger partial charge in [0.25, 0.3) is 11.9 Å². The highest BCUT2D eigenvalue weighted by Gasteiger charge is 2.32. The number of methoxy groups -OCH3 is 1. The fourth-order valence-corrected chi connectivity index (χ4v) is 4.40. The molecule has 1 amide bonds. The molecule has 0 aliphatic carbocycles. The molecular weight excluding hydrogens is 423 g/mol. The normalized spacial score (nSPS) is 16.0. The lowest BCUT2D eigenvalue weighted by Gasteiger charge is -2.26. The molecule has 0 radical (unpaired) electrons. The summed E-state index contributed by atoms with van der Waals surface area (Å²) in [6, 6.07) is 8.44. The van der Waals surface area contributed by atoms with Gasteiger partial charge in [0, 0.05) is 38.0 Å². The summed E-state index contributed by atoms with van der Waals surface area (Å²) in [6.07, 6.45) is 4.05. The van der Waals surface area contributed by atoms with Crippen LogP contribution in [0, 0.1) is 5.82 Å². The first-order valence-corrected chi connectivity index (χ1v) is 11.2. The number of amides is 1. The van der Waals surface area contributed by atoms with Crippen molar-refractivity contribution in [3.05, 3.63) is 59.8 Å². The van der Waals surface area contributed by atoms with E-state index in [1.807, 2.05) is 4.90 Å². The van der Waals surface area contributed by atoms with E-state index in [1.165, 1.54) is 10.7 Å². The van der Waals surface area contributed by atoms with Gasteiger partial charge < -0.3 is 9.64 Å². The number of carbonyl (C=O) groups excluding carboxylic acids is 1. The van der Waals surface area contributed by atoms with Crippen molar-refractivity contribution >= 4 is 5.91 Å². The van der Waals surface area contributed by atoms with Crippen molar-refractivity contribution in [3.8, 4) is 17.2 Å². The molecule has 0 N–H and O–H groups in total. The van der Waals surface area contributed by atoms with Gasteiger partial charge in [-0.25, -0.2) is 14.4 Å². The molecule has 0 spiro atoms. The van der Waals surface area contributed by atoms with Crippen LogP contribution in [0.1, 0.15) is 36.3 Å². The van der Waals surface area contributed by atoms with E-state index in [1.54, 1.807) is 43.8 Å². The number of hydrogen-bond donors (Lipinski definition) is 0. The summed E-state index contributed by atoms with van der Waals surface area (Å²) in [5.74, 6) is -0.190. The van der Waals surface area contributed by atoms with Crippen LogP contribution in [0.3, 0.4) is 0 Å². The van der Waals surface area contributed by atoms with Crippen molar-refractivity contribution in [2.24, 2.45) is 0 Å². The lowest BCUT2D eigenvalue weighted by Crippen LogP contribution is -2.38. The number of likely N-dealkylation sites (N-methyl/N-ethyl adjacent to an activating group) is 1. The predicted molar refractivity (Wildman–Crippen MR) is 122 cm³/mol. The summed E-state index contributed by atoms with van der Waals surface area (Å²) in [5, 5.41) is 4.40. The van der Waals surface area contributed by atoms with Crippen LogP contribution in [0.5, 0.6) is 0 Å². The van der Waals surface area contributed by atoms with Gasteiger partial charge in [0.2, 0.25) is 0 Å². The summed E-state index contributed by atoms with van der Waals surface area (Å²) in [4.78, 5) is 26.5. The number of ether oxygens (including phenoxy) is 1. The molecular formula is C24H29FN6O2. The van der Waals surface area contributed by atoms with E-state index in [-0.39, 0.29) is 24.3 Å². The Balaban J connectivity index is 1.64. The number of halogens is 1. The van der Waals surface area contributed by atoms with Gasteiger partial charge in [-0.1, -0.05) is 26.0 Å². The number of aromatic nitrogens is 4. The topological polar surface area (TPSA) is 76.4 Å². The van der Waals surface area contributed by atoms with Crippen molar-refractivity contribution in [2.75, 3.05) is 33.3 Å². The highest BCUT2D eigenvalue weighted by Crippen LogP contribution is 2.23. The Morgan fingerprint density at radius 1 is 1.24 bits per heavy atom. The first-order valence-electron chi connectivity index (χ1n) is 11.2. The van der Waals surface area contributed by atoms with Crippen LogP contribution in [0.25, 0.3) is 17.2 Å². The number of carbonyl (C=O) groups is 1. The van der Waals surface area contributed by atoms with Crippen LogP contribution in [0.2, 0.25) is 0 Å². The molecule has 1 atom stereocenters. The van der Waals surface area contributed by atoms with Gasteiger partial charge in [-0.15, -0.1) is 0 Å². The second kappa shape index (κ2) is 10.2. The summed E-state index contributed by atoms with van der Waals surface area (Å²) in [6.45, 7) is 7.78. The van der Waals surface area contributed by atoms with Gasteiger partial charge in [-0.05, 0) is 37.7 Å². The van der Waals surface area contributed by atoms with E-state index >= 15 is 0 Å². The lowest BCUT2D eigenvalue weighted by atomic mass is 10.1. The Labute approximate surface area is 193 Å². The van der Waals surface area contributed by atoms with Crippen LogP contribution < -0.4 is 0 Å². The van der Waals surface area contributed by atoms with Crippen LogP contribution in [-0.2, 0) is 11.3 Å². The quantitative estimate of drug-likeness (QED) is 0.523. The molecule has 33 heavy (non-hydrogen) atoms. The van der Waals surface area contributed by atoms with Gasteiger partial charge in [-0.3, -0.25) is 9.69 Å². The van der Waals surface area contributed by atoms with Gasteiger partial charge >= 0.3 is 0 Å². The van der Waals surface area contributed by atoms with Crippen LogP contribution in [0.15, 0.2) is 42.7 Å². The molecule has 1 aliphatic rings. The maximum atomic E-state index is 14.3. The molecule has 1 saturated heterocycles. The van der Waals surface area contributed by atoms with Crippen molar-refractivity contribution in [1.82, 2.24) is 29.5 Å². The van der Waals surface area contributed by atoms with E-state index in [2.05, 4.69) is 33.8 Å². The van der Waals surface area contributed by atoms with Crippen molar-refractivity contribution in [1.29, 1.82) is 0 Å². The highest BCUT2D eigenvalue weighted by molar-refractivity contribution is 5.95. The Hall–Kier alpha value is -3.17. The second-order valence-electron chi connectivity index (χ2n) is 7.99. The summed E-state index contributed by atoms with van der Waals surface area (Å²) < 4.78 is 21.1. The number of nitrogens with zero attached hydrogens (tertiary/aromatic N) is 6. The molecule has 1 fully saturated rings. The minimum Gasteiger partial charge on any atom is -0.378 e.